The van der Waals surface area contributed by atoms with E-state index in [9.17, 15) is 0 Å². The highest BCUT2D eigenvalue weighted by Crippen LogP contribution is 2.21. The molecule has 21 heavy (non-hydrogen) atoms. The lowest BCUT2D eigenvalue weighted by Crippen LogP contribution is -2.36. The predicted octanol–water partition coefficient (Wildman–Crippen LogP) is 3.68. The van der Waals surface area contributed by atoms with Gasteiger partial charge in [0.25, 0.3) is 0 Å². The Bertz CT molecular complexity index is 534. The van der Waals surface area contributed by atoms with Gasteiger partial charge in [-0.2, -0.15) is 0 Å². The monoisotopic (exact) mass is 305 g/mol. The Morgan fingerprint density at radius 3 is 2.52 bits per heavy atom. The summed E-state index contributed by atoms with van der Waals surface area (Å²) in [5.41, 5.74) is 0.159. The Morgan fingerprint density at radius 2 is 1.81 bits per heavy atom. The van der Waals surface area contributed by atoms with Crippen LogP contribution in [0.1, 0.15) is 39.0 Å². The van der Waals surface area contributed by atoms with Crippen LogP contribution in [0.2, 0.25) is 0 Å². The smallest absolute Gasteiger partial charge is 0.226 e. The fourth-order valence-electron chi connectivity index (χ4n) is 1.81. The van der Waals surface area contributed by atoms with Gasteiger partial charge >= 0.3 is 0 Å². The summed E-state index contributed by atoms with van der Waals surface area (Å²) in [6.45, 7) is 7.45. The molecule has 0 bridgehead atoms. The molecular formula is C16H23N3OS. The second-order valence-corrected chi connectivity index (χ2v) is 7.02. The summed E-state index contributed by atoms with van der Waals surface area (Å²) < 4.78 is 5.67. The number of nitrogens with zero attached hydrogens (tertiary/aromatic N) is 2. The first-order valence-corrected chi connectivity index (χ1v) is 8.26. The first kappa shape index (κ1) is 16.0. The van der Waals surface area contributed by atoms with Gasteiger partial charge in [-0.25, -0.2) is 0 Å². The Kier molecular flexibility index (Phi) is 5.82. The highest BCUT2D eigenvalue weighted by atomic mass is 32.2. The number of aryl methyl sites for hydroxylation is 1. The average molecular weight is 305 g/mol. The van der Waals surface area contributed by atoms with E-state index in [2.05, 4.69) is 48.4 Å². The maximum Gasteiger partial charge on any atom is 0.226 e. The van der Waals surface area contributed by atoms with E-state index in [0.717, 1.165) is 31.0 Å². The quantitative estimate of drug-likeness (QED) is 0.624. The van der Waals surface area contributed by atoms with E-state index < -0.39 is 0 Å². The van der Waals surface area contributed by atoms with Gasteiger partial charge in [0.05, 0.1) is 5.75 Å². The van der Waals surface area contributed by atoms with Gasteiger partial charge in [-0.3, -0.25) is 0 Å². The molecule has 0 amide bonds. The van der Waals surface area contributed by atoms with Crippen molar-refractivity contribution in [2.75, 3.05) is 6.54 Å². The number of thioether (sulfide) groups is 1. The lowest BCUT2D eigenvalue weighted by atomic mass is 10.1. The van der Waals surface area contributed by atoms with Crippen LogP contribution >= 0.6 is 11.8 Å². The van der Waals surface area contributed by atoms with E-state index in [4.69, 9.17) is 4.42 Å². The van der Waals surface area contributed by atoms with E-state index in [1.54, 1.807) is 11.8 Å². The molecule has 0 radical (unpaired) electrons. The molecule has 0 saturated heterocycles. The van der Waals surface area contributed by atoms with E-state index in [0.29, 0.717) is 5.89 Å². The normalized spacial score (nSPS) is 11.8. The Hall–Kier alpha value is -1.33. The zero-order valence-corrected chi connectivity index (χ0v) is 13.7. The lowest BCUT2D eigenvalue weighted by Gasteiger charge is -2.19. The third-order valence-electron chi connectivity index (χ3n) is 2.84. The largest absolute Gasteiger partial charge is 0.424 e. The molecule has 1 aromatic heterocycles. The minimum Gasteiger partial charge on any atom is -0.424 e. The van der Waals surface area contributed by atoms with E-state index >= 15 is 0 Å². The van der Waals surface area contributed by atoms with Crippen LogP contribution in [-0.4, -0.2) is 22.3 Å². The molecule has 0 unspecified atom stereocenters. The molecular weight excluding hydrogens is 282 g/mol. The van der Waals surface area contributed by atoms with Crippen molar-refractivity contribution in [3.63, 3.8) is 0 Å². The van der Waals surface area contributed by atoms with Crippen LogP contribution < -0.4 is 5.32 Å². The van der Waals surface area contributed by atoms with E-state index in [-0.39, 0.29) is 5.54 Å². The molecule has 1 aromatic carbocycles. The molecule has 4 nitrogen and oxygen atoms in total. The van der Waals surface area contributed by atoms with Gasteiger partial charge in [-0.1, -0.05) is 18.2 Å². The molecule has 0 aliphatic carbocycles. The molecule has 0 saturated carbocycles. The molecule has 0 fully saturated rings. The van der Waals surface area contributed by atoms with Crippen molar-refractivity contribution in [2.24, 2.45) is 0 Å². The van der Waals surface area contributed by atoms with Crippen LogP contribution in [0.15, 0.2) is 39.6 Å². The molecule has 0 aliphatic rings. The lowest BCUT2D eigenvalue weighted by molar-refractivity contribution is 0.408. The first-order chi connectivity index (χ1) is 10.0. The fraction of sp³-hybridized carbons (Fsp3) is 0.500. The van der Waals surface area contributed by atoms with Crippen LogP contribution in [0.5, 0.6) is 0 Å². The van der Waals surface area contributed by atoms with E-state index in [1.165, 1.54) is 4.90 Å². The first-order valence-electron chi connectivity index (χ1n) is 7.27. The fourth-order valence-corrected chi connectivity index (χ4v) is 2.57. The maximum atomic E-state index is 5.67. The predicted molar refractivity (Wildman–Crippen MR) is 86.4 cm³/mol. The van der Waals surface area contributed by atoms with Gasteiger partial charge in [0, 0.05) is 16.9 Å². The number of nitrogens with one attached hydrogen (secondary N) is 1. The zero-order chi connectivity index (χ0) is 15.1. The number of benzene rings is 1. The van der Waals surface area contributed by atoms with Crippen LogP contribution in [0.4, 0.5) is 0 Å². The highest BCUT2D eigenvalue weighted by molar-refractivity contribution is 7.98. The number of rotatable bonds is 7. The van der Waals surface area contributed by atoms with E-state index in [1.807, 2.05) is 18.2 Å². The summed E-state index contributed by atoms with van der Waals surface area (Å²) >= 11 is 1.71. The molecule has 1 N–H and O–H groups in total. The van der Waals surface area contributed by atoms with Crippen molar-refractivity contribution in [2.45, 2.75) is 49.8 Å². The molecule has 114 valence electrons. The summed E-state index contributed by atoms with van der Waals surface area (Å²) in [4.78, 5) is 1.21. The zero-order valence-electron chi connectivity index (χ0n) is 12.9. The third-order valence-corrected chi connectivity index (χ3v) is 3.83. The molecule has 1 heterocycles. The minimum absolute atomic E-state index is 0.159. The average Bonchev–Trinajstić information content (AvgIpc) is 2.89. The summed E-state index contributed by atoms with van der Waals surface area (Å²) in [6, 6.07) is 10.2. The molecule has 0 atom stereocenters. The minimum atomic E-state index is 0.159. The van der Waals surface area contributed by atoms with Gasteiger partial charge in [0.2, 0.25) is 11.8 Å². The van der Waals surface area contributed by atoms with Crippen molar-refractivity contribution in [1.29, 1.82) is 0 Å². The second-order valence-electron chi connectivity index (χ2n) is 5.97. The van der Waals surface area contributed by atoms with Crippen LogP contribution in [0.25, 0.3) is 0 Å². The summed E-state index contributed by atoms with van der Waals surface area (Å²) in [6.07, 6.45) is 1.83. The number of aromatic nitrogens is 2. The summed E-state index contributed by atoms with van der Waals surface area (Å²) in [7, 11) is 0. The molecule has 0 aliphatic heterocycles. The van der Waals surface area contributed by atoms with Gasteiger partial charge in [-0.15, -0.1) is 22.0 Å². The second kappa shape index (κ2) is 7.61. The summed E-state index contributed by atoms with van der Waals surface area (Å²) in [5, 5.41) is 11.7. The van der Waals surface area contributed by atoms with Crippen LogP contribution in [0, 0.1) is 0 Å². The van der Waals surface area contributed by atoms with Crippen LogP contribution in [0.3, 0.4) is 0 Å². The van der Waals surface area contributed by atoms with Crippen molar-refractivity contribution in [3.05, 3.63) is 42.1 Å². The van der Waals surface area contributed by atoms with Gasteiger partial charge in [0.1, 0.15) is 0 Å². The van der Waals surface area contributed by atoms with Gasteiger partial charge < -0.3 is 9.73 Å². The third kappa shape index (κ3) is 6.31. The highest BCUT2D eigenvalue weighted by Gasteiger charge is 2.09. The molecule has 2 aromatic rings. The Balaban J connectivity index is 1.71. The molecule has 2 rings (SSSR count). The standard InChI is InChI=1S/C16H23N3OS/c1-16(2,3)17-11-7-10-14-18-19-15(20-14)12-21-13-8-5-4-6-9-13/h4-6,8-9,17H,7,10-12H2,1-3H3. The van der Waals surface area contributed by atoms with Crippen LogP contribution in [-0.2, 0) is 12.2 Å². The van der Waals surface area contributed by atoms with Gasteiger partial charge in [0.15, 0.2) is 0 Å². The van der Waals surface area contributed by atoms with Crippen molar-refractivity contribution in [1.82, 2.24) is 15.5 Å². The van der Waals surface area contributed by atoms with Crippen molar-refractivity contribution in [3.8, 4) is 0 Å². The van der Waals surface area contributed by atoms with Crippen molar-refractivity contribution < 1.29 is 4.42 Å². The van der Waals surface area contributed by atoms with Gasteiger partial charge in [-0.05, 0) is 45.9 Å². The number of hydrogen-bond acceptors (Lipinski definition) is 5. The Labute approximate surface area is 130 Å². The Morgan fingerprint density at radius 1 is 1.10 bits per heavy atom. The molecule has 5 heteroatoms. The van der Waals surface area contributed by atoms with Crippen molar-refractivity contribution >= 4 is 11.8 Å². The molecule has 0 spiro atoms. The maximum absolute atomic E-state index is 5.67. The summed E-state index contributed by atoms with van der Waals surface area (Å²) in [5.74, 6) is 2.15. The number of hydrogen-bond donors (Lipinski definition) is 1. The topological polar surface area (TPSA) is 51.0 Å². The SMILES string of the molecule is CC(C)(C)NCCCc1nnc(CSc2ccccc2)o1.